The average Bonchev–Trinajstić information content (AvgIpc) is 0.777. The van der Waals surface area contributed by atoms with Crippen LogP contribution in [0.3, 0.4) is 0 Å². The van der Waals surface area contributed by atoms with Crippen LogP contribution < -0.4 is 31.8 Å². The minimum Gasteiger partial charge on any atom is -0.481 e. The number of allylic oxidation sites excluding steroid dienone is 4. The molecule has 0 aliphatic heterocycles. The van der Waals surface area contributed by atoms with E-state index in [1.807, 2.05) is 0 Å². The lowest BCUT2D eigenvalue weighted by Crippen LogP contribution is -2.67. The van der Waals surface area contributed by atoms with Crippen molar-refractivity contribution in [2.24, 2.45) is 5.73 Å². The van der Waals surface area contributed by atoms with Crippen molar-refractivity contribution in [3.05, 3.63) is 146 Å². The summed E-state index contributed by atoms with van der Waals surface area (Å²) in [4.78, 5) is 43.0. The van der Waals surface area contributed by atoms with E-state index in [9.17, 15) is 19.2 Å². The van der Waals surface area contributed by atoms with Gasteiger partial charge >= 0.3 is 17.9 Å². The van der Waals surface area contributed by atoms with E-state index in [1.54, 1.807) is 0 Å². The molecule has 91 heavy (non-hydrogen) atoms. The Bertz CT molecular complexity index is 2450. The van der Waals surface area contributed by atoms with Crippen molar-refractivity contribution in [1.82, 2.24) is 5.32 Å². The Kier molecular flexibility index (Phi) is 44.1. The van der Waals surface area contributed by atoms with Crippen LogP contribution in [0.4, 0.5) is 0 Å². The zero-order valence-electron chi connectivity index (χ0n) is 58.4. The fourth-order valence-electron chi connectivity index (χ4n) is 12.0. The van der Waals surface area contributed by atoms with E-state index in [4.69, 9.17) is 19.7 Å². The van der Waals surface area contributed by atoms with Crippen molar-refractivity contribution in [3.8, 4) is 0 Å². The van der Waals surface area contributed by atoms with Crippen molar-refractivity contribution in [2.75, 3.05) is 27.3 Å². The zero-order valence-corrected chi connectivity index (χ0v) is 60.4. The molecule has 0 spiro atoms. The largest absolute Gasteiger partial charge is 0.481 e. The summed E-state index contributed by atoms with van der Waals surface area (Å²) in [7, 11) is -2.32. The summed E-state index contributed by atoms with van der Waals surface area (Å²) in [6.45, 7) is 18.6. The first kappa shape index (κ1) is 81.6. The lowest BCUT2D eigenvalue weighted by atomic mass is 10.0. The number of hydrogen-bond donors (Lipinski definition) is 3. The molecule has 0 aliphatic carbocycles. The van der Waals surface area contributed by atoms with Crippen molar-refractivity contribution in [3.63, 3.8) is 0 Å². The van der Waals surface area contributed by atoms with E-state index in [2.05, 4.69) is 216 Å². The molecule has 4 rings (SSSR count). The summed E-state index contributed by atoms with van der Waals surface area (Å²) < 4.78 is 23.1. The fourth-order valence-corrected chi connectivity index (χ4v) is 21.4. The molecule has 4 N–H and O–H groups in total. The zero-order chi connectivity index (χ0) is 66.9. The van der Waals surface area contributed by atoms with Crippen LogP contribution in [0.25, 0.3) is 0 Å². The van der Waals surface area contributed by atoms with Gasteiger partial charge in [0.25, 0.3) is 16.6 Å². The van der Waals surface area contributed by atoms with E-state index >= 15 is 0 Å². The Labute approximate surface area is 555 Å². The smallest absolute Gasteiger partial charge is 0.325 e. The number of nitrogens with two attached hydrogens (primary N) is 1. The maximum atomic E-state index is 11.7. The highest BCUT2D eigenvalue weighted by Gasteiger charge is 2.52. The summed E-state index contributed by atoms with van der Waals surface area (Å²) in [5.74, 6) is -1.52. The number of unbranched alkanes of at least 4 members (excludes halogenated alkanes) is 22. The van der Waals surface area contributed by atoms with Gasteiger partial charge in [-0.15, -0.1) is 0 Å². The molecule has 11 nitrogen and oxygen atoms in total. The highest BCUT2D eigenvalue weighted by atomic mass is 28.4. The molecule has 0 saturated carbocycles. The van der Waals surface area contributed by atoms with Gasteiger partial charge in [0.15, 0.2) is 0 Å². The number of hydrogen-bond acceptors (Lipinski definition) is 9. The first-order valence-electron chi connectivity index (χ1n) is 35.0. The van der Waals surface area contributed by atoms with Crippen LogP contribution in [0.15, 0.2) is 146 Å². The lowest BCUT2D eigenvalue weighted by Gasteiger charge is -2.44. The first-order chi connectivity index (χ1) is 43.8. The quantitative estimate of drug-likeness (QED) is 0.0168. The number of methoxy groups -OCH3 is 2. The van der Waals surface area contributed by atoms with Crippen molar-refractivity contribution < 1.29 is 42.6 Å². The van der Waals surface area contributed by atoms with Crippen LogP contribution in [0.5, 0.6) is 0 Å². The number of benzene rings is 4. The Hall–Kier alpha value is -5.45. The highest BCUT2D eigenvalue weighted by molar-refractivity contribution is 7.00. The monoisotopic (exact) mass is 1290 g/mol. The number of carboxylic acids is 1. The van der Waals surface area contributed by atoms with E-state index in [-0.39, 0.29) is 47.3 Å². The van der Waals surface area contributed by atoms with Gasteiger partial charge in [-0.2, -0.15) is 0 Å². The van der Waals surface area contributed by atoms with Gasteiger partial charge in [0, 0.05) is 25.0 Å². The molecule has 0 heterocycles. The van der Waals surface area contributed by atoms with Crippen LogP contribution in [0, 0.1) is 0 Å². The van der Waals surface area contributed by atoms with Gasteiger partial charge in [0.2, 0.25) is 5.91 Å². The molecule has 0 aromatic heterocycles. The molecule has 0 saturated heterocycles. The minimum atomic E-state index is -2.48. The lowest BCUT2D eigenvalue weighted by molar-refractivity contribution is -0.141. The molecule has 0 fully saturated rings. The van der Waals surface area contributed by atoms with E-state index in [0.717, 1.165) is 64.2 Å². The summed E-state index contributed by atoms with van der Waals surface area (Å²) >= 11 is 0. The Morgan fingerprint density at radius 3 is 0.967 bits per heavy atom. The summed E-state index contributed by atoms with van der Waals surface area (Å²) in [6.07, 6.45) is 44.3. The molecular formula is C78H124N2O9Si2. The van der Waals surface area contributed by atoms with Crippen molar-refractivity contribution in [2.45, 2.75) is 270 Å². The number of carbonyl (C=O) groups is 4. The van der Waals surface area contributed by atoms with Gasteiger partial charge in [0.1, 0.15) is 6.54 Å². The Balaban J connectivity index is 0.000000571. The SMILES string of the molecule is CC(CCC/C=C\CCCCCCCCCCCCC(=O)O)O[Si](c1ccccc1)(c1ccccc1)C(C)(C)C.COC(=O)CN.COC(=O)CNC(=O)CCCCCCCCCCCC/C=C\CCCC(C)O[Si](c1ccccc1)(c1ccccc1)C(C)(C)C. The second kappa shape index (κ2) is 49.2. The van der Waals surface area contributed by atoms with E-state index in [0.29, 0.717) is 12.8 Å². The van der Waals surface area contributed by atoms with Gasteiger partial charge in [-0.05, 0) is 122 Å². The first-order valence-corrected chi connectivity index (χ1v) is 38.8. The molecule has 13 heteroatoms. The third kappa shape index (κ3) is 34.3. The molecule has 2 unspecified atom stereocenters. The van der Waals surface area contributed by atoms with Crippen molar-refractivity contribution in [1.29, 1.82) is 0 Å². The number of aliphatic carboxylic acids is 1. The van der Waals surface area contributed by atoms with Gasteiger partial charge in [0.05, 0.1) is 20.8 Å². The second-order valence-electron chi connectivity index (χ2n) is 26.7. The number of amides is 1. The number of rotatable bonds is 45. The molecule has 2 atom stereocenters. The predicted octanol–water partition coefficient (Wildman–Crippen LogP) is 17.2. The number of ether oxygens (including phenoxy) is 2. The molecule has 4 aromatic rings. The van der Waals surface area contributed by atoms with Gasteiger partial charge in [-0.25, -0.2) is 0 Å². The third-order valence-electron chi connectivity index (χ3n) is 17.0. The molecule has 0 bridgehead atoms. The predicted molar refractivity (Wildman–Crippen MR) is 387 cm³/mol. The Morgan fingerprint density at radius 2 is 0.703 bits per heavy atom. The minimum absolute atomic E-state index is 0.0137. The van der Waals surface area contributed by atoms with E-state index in [1.165, 1.54) is 151 Å². The van der Waals surface area contributed by atoms with Gasteiger partial charge in [-0.1, -0.05) is 290 Å². The number of carbonyl (C=O) groups excluding carboxylic acids is 3. The number of carboxylic acid groups (broad SMARTS) is 1. The number of nitrogens with one attached hydrogen (secondary N) is 1. The van der Waals surface area contributed by atoms with Crippen LogP contribution in [-0.4, -0.2) is 85.1 Å². The Morgan fingerprint density at radius 1 is 0.429 bits per heavy atom. The second-order valence-corrected chi connectivity index (χ2v) is 35.2. The van der Waals surface area contributed by atoms with Gasteiger partial charge in [-0.3, -0.25) is 19.2 Å². The molecular weight excluding hydrogens is 1170 g/mol. The van der Waals surface area contributed by atoms with Crippen molar-refractivity contribution >= 4 is 61.2 Å². The third-order valence-corrected chi connectivity index (χ3v) is 27.3. The van der Waals surface area contributed by atoms with Gasteiger partial charge < -0.3 is 34.5 Å². The van der Waals surface area contributed by atoms with Crippen LogP contribution in [0.1, 0.15) is 248 Å². The topological polar surface area (TPSA) is 163 Å². The molecule has 508 valence electrons. The van der Waals surface area contributed by atoms with Crippen LogP contribution in [-0.2, 0) is 37.5 Å². The molecule has 0 radical (unpaired) electrons. The molecule has 1 amide bonds. The normalized spacial score (nSPS) is 12.6. The maximum absolute atomic E-state index is 11.7. The molecule has 0 aliphatic rings. The standard InChI is InChI=1S/C39H61NO4Si.C36H56O3Si.C3H7NO2/c1-34(44-45(39(2,3)4,35-28-22-19-23-29-35)36-30-24-20-25-31-36)27-21-17-15-13-11-9-7-6-8-10-12-14-16-18-26-32-37(41)40-33-38(42)43-5;1-32(26-20-16-14-12-10-8-6-5-7-9-11-13-15-17-25-31-35(37)38)39-40(36(2,3)4,33-27-21-18-22-28-33)34-29-23-19-24-30-34;1-6-3(5)2-4/h13,15,19-20,22-25,28-31,34H,6-12,14,16-18,21,26-27,32-33H2,1-5H3,(H,40,41);12,14,18-19,21-24,27-30,32H,5-11,13,15-17,20,25-26,31H2,1-4H3,(H,37,38);2,4H2,1H3/b15-13-;14-12-;. The molecule has 4 aromatic carbocycles. The maximum Gasteiger partial charge on any atom is 0.325 e. The average molecular weight is 1290 g/mol. The van der Waals surface area contributed by atoms with Crippen LogP contribution in [0.2, 0.25) is 10.1 Å². The summed E-state index contributed by atoms with van der Waals surface area (Å²) in [6, 6.07) is 43.8. The summed E-state index contributed by atoms with van der Waals surface area (Å²) in [5.41, 5.74) is 4.81. The van der Waals surface area contributed by atoms with E-state index < -0.39 is 28.6 Å². The number of esters is 2. The fraction of sp³-hybridized carbons (Fsp3) is 0.590. The highest BCUT2D eigenvalue weighted by Crippen LogP contribution is 2.39. The van der Waals surface area contributed by atoms with Crippen LogP contribution >= 0.6 is 0 Å². The summed E-state index contributed by atoms with van der Waals surface area (Å²) in [5, 5.41) is 16.7.